The second kappa shape index (κ2) is 7.74. The SMILES string of the molecule is Cn1nnc(-c2ccc(N3CCCC(CC(=O)O)C3)c(C(F)(F)F)n2)c1CO. The van der Waals surface area contributed by atoms with E-state index in [1.54, 1.807) is 4.90 Å². The molecule has 3 rings (SSSR count). The topological polar surface area (TPSA) is 104 Å². The Morgan fingerprint density at radius 1 is 1.36 bits per heavy atom. The fourth-order valence-electron chi connectivity index (χ4n) is 3.50. The largest absolute Gasteiger partial charge is 0.481 e. The minimum atomic E-state index is -4.70. The van der Waals surface area contributed by atoms with Gasteiger partial charge in [-0.1, -0.05) is 5.21 Å². The number of hydrogen-bond donors (Lipinski definition) is 2. The van der Waals surface area contributed by atoms with E-state index in [4.69, 9.17) is 5.11 Å². The van der Waals surface area contributed by atoms with Crippen LogP contribution in [0.2, 0.25) is 0 Å². The Morgan fingerprint density at radius 2 is 2.11 bits per heavy atom. The van der Waals surface area contributed by atoms with Gasteiger partial charge in [0.1, 0.15) is 5.69 Å². The zero-order valence-electron chi connectivity index (χ0n) is 15.1. The number of aliphatic hydroxyl groups excluding tert-OH is 1. The molecule has 8 nitrogen and oxygen atoms in total. The van der Waals surface area contributed by atoms with E-state index >= 15 is 0 Å². The van der Waals surface area contributed by atoms with Gasteiger partial charge in [-0.05, 0) is 30.9 Å². The first kappa shape index (κ1) is 20.1. The van der Waals surface area contributed by atoms with Gasteiger partial charge in [-0.15, -0.1) is 5.10 Å². The van der Waals surface area contributed by atoms with Crippen LogP contribution in [0.25, 0.3) is 11.4 Å². The van der Waals surface area contributed by atoms with Crippen LogP contribution in [0.15, 0.2) is 12.1 Å². The summed E-state index contributed by atoms with van der Waals surface area (Å²) >= 11 is 0. The zero-order valence-corrected chi connectivity index (χ0v) is 15.1. The van der Waals surface area contributed by atoms with Crippen molar-refractivity contribution in [1.29, 1.82) is 0 Å². The molecule has 1 aliphatic heterocycles. The van der Waals surface area contributed by atoms with E-state index in [1.165, 1.54) is 23.9 Å². The number of piperidine rings is 1. The van der Waals surface area contributed by atoms with E-state index < -0.39 is 24.4 Å². The molecule has 1 fully saturated rings. The van der Waals surface area contributed by atoms with Gasteiger partial charge in [0, 0.05) is 26.6 Å². The predicted molar refractivity (Wildman–Crippen MR) is 92.3 cm³/mol. The summed E-state index contributed by atoms with van der Waals surface area (Å²) in [6.07, 6.45) is -3.51. The van der Waals surface area contributed by atoms with Crippen molar-refractivity contribution < 1.29 is 28.2 Å². The number of aryl methyl sites for hydroxylation is 1. The number of anilines is 1. The molecular weight excluding hydrogens is 379 g/mol. The summed E-state index contributed by atoms with van der Waals surface area (Å²) in [7, 11) is 1.53. The maximum Gasteiger partial charge on any atom is 0.435 e. The fourth-order valence-corrected chi connectivity index (χ4v) is 3.50. The molecule has 1 aliphatic rings. The molecule has 152 valence electrons. The molecule has 2 aromatic rings. The van der Waals surface area contributed by atoms with Crippen molar-refractivity contribution in [2.75, 3.05) is 18.0 Å². The molecule has 11 heteroatoms. The predicted octanol–water partition coefficient (Wildman–Crippen LogP) is 2.08. The first-order valence-electron chi connectivity index (χ1n) is 8.75. The molecule has 0 aromatic carbocycles. The smallest absolute Gasteiger partial charge is 0.435 e. The Balaban J connectivity index is 1.99. The molecule has 0 amide bonds. The summed E-state index contributed by atoms with van der Waals surface area (Å²) in [6, 6.07) is 2.73. The van der Waals surface area contributed by atoms with Crippen molar-refractivity contribution in [3.05, 3.63) is 23.5 Å². The van der Waals surface area contributed by atoms with Gasteiger partial charge in [0.05, 0.1) is 23.7 Å². The third kappa shape index (κ3) is 4.08. The molecule has 0 bridgehead atoms. The van der Waals surface area contributed by atoms with Gasteiger partial charge in [-0.2, -0.15) is 13.2 Å². The van der Waals surface area contributed by atoms with Gasteiger partial charge in [0.25, 0.3) is 0 Å². The summed E-state index contributed by atoms with van der Waals surface area (Å²) in [5.74, 6) is -1.18. The minimum Gasteiger partial charge on any atom is -0.481 e. The second-order valence-corrected chi connectivity index (χ2v) is 6.78. The molecule has 28 heavy (non-hydrogen) atoms. The van der Waals surface area contributed by atoms with Crippen LogP contribution in [0.4, 0.5) is 18.9 Å². The quantitative estimate of drug-likeness (QED) is 0.793. The first-order valence-corrected chi connectivity index (χ1v) is 8.75. The average Bonchev–Trinajstić information content (AvgIpc) is 3.00. The third-order valence-electron chi connectivity index (χ3n) is 4.80. The number of aliphatic carboxylic acids is 1. The van der Waals surface area contributed by atoms with E-state index in [0.717, 1.165) is 0 Å². The Morgan fingerprint density at radius 3 is 2.75 bits per heavy atom. The van der Waals surface area contributed by atoms with Crippen LogP contribution in [0.1, 0.15) is 30.7 Å². The van der Waals surface area contributed by atoms with Gasteiger partial charge in [0.15, 0.2) is 5.69 Å². The van der Waals surface area contributed by atoms with E-state index in [9.17, 15) is 23.1 Å². The molecule has 0 saturated carbocycles. The van der Waals surface area contributed by atoms with E-state index in [2.05, 4.69) is 15.3 Å². The molecular formula is C17H20F3N5O3. The third-order valence-corrected chi connectivity index (χ3v) is 4.80. The van der Waals surface area contributed by atoms with E-state index in [0.29, 0.717) is 19.4 Å². The molecule has 2 N–H and O–H groups in total. The number of aliphatic hydroxyl groups is 1. The second-order valence-electron chi connectivity index (χ2n) is 6.78. The van der Waals surface area contributed by atoms with Crippen LogP contribution < -0.4 is 4.90 Å². The lowest BCUT2D eigenvalue weighted by Gasteiger charge is -2.35. The number of halogens is 3. The van der Waals surface area contributed by atoms with Crippen LogP contribution >= 0.6 is 0 Å². The number of carboxylic acid groups (broad SMARTS) is 1. The van der Waals surface area contributed by atoms with Crippen LogP contribution in [-0.4, -0.2) is 49.2 Å². The summed E-state index contributed by atoms with van der Waals surface area (Å²) in [4.78, 5) is 16.3. The zero-order chi connectivity index (χ0) is 20.5. The Hall–Kier alpha value is -2.69. The van der Waals surface area contributed by atoms with Crippen LogP contribution in [0, 0.1) is 5.92 Å². The van der Waals surface area contributed by atoms with Gasteiger partial charge >= 0.3 is 12.1 Å². The highest BCUT2D eigenvalue weighted by Gasteiger charge is 2.38. The highest BCUT2D eigenvalue weighted by molar-refractivity contribution is 5.67. The Labute approximate surface area is 158 Å². The number of alkyl halides is 3. The first-order chi connectivity index (χ1) is 13.2. The highest BCUT2D eigenvalue weighted by Crippen LogP contribution is 2.38. The monoisotopic (exact) mass is 399 g/mol. The van der Waals surface area contributed by atoms with Crippen molar-refractivity contribution in [2.24, 2.45) is 13.0 Å². The fraction of sp³-hybridized carbons (Fsp3) is 0.529. The standard InChI is InChI=1S/C17H20F3N5O3/c1-24-13(9-26)15(22-23-24)11-4-5-12(16(21-11)17(18,19)20)25-6-2-3-10(8-25)7-14(27)28/h4-5,10,26H,2-3,6-9H2,1H3,(H,27,28). The summed E-state index contributed by atoms with van der Waals surface area (Å²) in [6.45, 7) is 0.184. The molecule has 0 spiro atoms. The number of rotatable bonds is 5. The van der Waals surface area contributed by atoms with Crippen molar-refractivity contribution in [3.8, 4) is 11.4 Å². The lowest BCUT2D eigenvalue weighted by atomic mass is 9.94. The number of aromatic nitrogens is 4. The summed E-state index contributed by atoms with van der Waals surface area (Å²) < 4.78 is 42.4. The maximum absolute atomic E-state index is 13.7. The molecule has 1 saturated heterocycles. The molecule has 2 aromatic heterocycles. The van der Waals surface area contributed by atoms with Gasteiger partial charge in [-0.25, -0.2) is 9.67 Å². The number of nitrogens with zero attached hydrogens (tertiary/aromatic N) is 5. The number of pyridine rings is 1. The van der Waals surface area contributed by atoms with Crippen LogP contribution in [0.5, 0.6) is 0 Å². The Bertz CT molecular complexity index is 868. The van der Waals surface area contributed by atoms with Crippen molar-refractivity contribution in [3.63, 3.8) is 0 Å². The maximum atomic E-state index is 13.7. The van der Waals surface area contributed by atoms with Crippen LogP contribution in [0.3, 0.4) is 0 Å². The lowest BCUT2D eigenvalue weighted by molar-refractivity contribution is -0.141. The molecule has 0 aliphatic carbocycles. The van der Waals surface area contributed by atoms with Crippen molar-refractivity contribution in [2.45, 2.75) is 32.0 Å². The number of hydrogen-bond acceptors (Lipinski definition) is 6. The van der Waals surface area contributed by atoms with Gasteiger partial charge in [-0.3, -0.25) is 4.79 Å². The summed E-state index contributed by atoms with van der Waals surface area (Å²) in [5, 5.41) is 25.9. The van der Waals surface area contributed by atoms with E-state index in [-0.39, 0.29) is 41.7 Å². The van der Waals surface area contributed by atoms with E-state index in [1.807, 2.05) is 0 Å². The number of carbonyl (C=O) groups is 1. The highest BCUT2D eigenvalue weighted by atomic mass is 19.4. The molecule has 3 heterocycles. The molecule has 0 radical (unpaired) electrons. The molecule has 1 atom stereocenters. The average molecular weight is 399 g/mol. The minimum absolute atomic E-state index is 0.0349. The van der Waals surface area contributed by atoms with Crippen molar-refractivity contribution in [1.82, 2.24) is 20.0 Å². The summed E-state index contributed by atoms with van der Waals surface area (Å²) in [5.41, 5.74) is -0.832. The molecule has 1 unspecified atom stereocenters. The van der Waals surface area contributed by atoms with Gasteiger partial charge < -0.3 is 15.1 Å². The van der Waals surface area contributed by atoms with Gasteiger partial charge in [0.2, 0.25) is 0 Å². The number of carboxylic acids is 1. The van der Waals surface area contributed by atoms with Crippen LogP contribution in [-0.2, 0) is 24.6 Å². The normalized spacial score (nSPS) is 17.8. The lowest BCUT2D eigenvalue weighted by Crippen LogP contribution is -2.37. The Kier molecular flexibility index (Phi) is 5.54. The van der Waals surface area contributed by atoms with Crippen molar-refractivity contribution >= 4 is 11.7 Å².